The number of methoxy groups -OCH3 is 1. The molecule has 0 spiro atoms. The molecule has 1 aliphatic carbocycles. The Hall–Kier alpha value is -3.05. The molecule has 142 valence electrons. The Morgan fingerprint density at radius 1 is 1.07 bits per heavy atom. The molecule has 28 heavy (non-hydrogen) atoms. The highest BCUT2D eigenvalue weighted by Gasteiger charge is 2.23. The van der Waals surface area contributed by atoms with Crippen molar-refractivity contribution in [2.75, 3.05) is 12.4 Å². The standard InChI is InChI=1S/C22H18ClNO4/c1-28-20-11-19(17(22(26)27)10-18(20)23)24-21(25)16-7-6-14-8-13(12-2-3-12)4-5-15(14)9-16/h4-12H,2-3H2,1H3,(H,24,25)(H,26,27). The molecular formula is C22H18ClNO4. The van der Waals surface area contributed by atoms with Gasteiger partial charge in [-0.1, -0.05) is 35.9 Å². The van der Waals surface area contributed by atoms with Gasteiger partial charge in [-0.3, -0.25) is 4.79 Å². The van der Waals surface area contributed by atoms with E-state index < -0.39 is 11.9 Å². The molecule has 3 aromatic rings. The molecule has 2 N–H and O–H groups in total. The van der Waals surface area contributed by atoms with E-state index in [1.54, 1.807) is 12.1 Å². The third-order valence-corrected chi connectivity index (χ3v) is 5.24. The van der Waals surface area contributed by atoms with E-state index in [0.717, 1.165) is 10.8 Å². The Balaban J connectivity index is 1.64. The van der Waals surface area contributed by atoms with E-state index >= 15 is 0 Å². The number of carbonyl (C=O) groups excluding carboxylic acids is 1. The molecule has 0 bridgehead atoms. The van der Waals surface area contributed by atoms with E-state index in [2.05, 4.69) is 17.4 Å². The number of benzene rings is 3. The number of halogens is 1. The third kappa shape index (κ3) is 3.53. The minimum Gasteiger partial charge on any atom is -0.495 e. The number of carboxylic acids is 1. The molecule has 1 aliphatic rings. The van der Waals surface area contributed by atoms with Crippen molar-refractivity contribution in [3.8, 4) is 5.75 Å². The first-order valence-electron chi connectivity index (χ1n) is 8.92. The maximum Gasteiger partial charge on any atom is 0.337 e. The van der Waals surface area contributed by atoms with Crippen LogP contribution in [0.3, 0.4) is 0 Å². The lowest BCUT2D eigenvalue weighted by Crippen LogP contribution is -2.15. The number of anilines is 1. The van der Waals surface area contributed by atoms with Crippen LogP contribution in [0.15, 0.2) is 48.5 Å². The van der Waals surface area contributed by atoms with Gasteiger partial charge in [0.05, 0.1) is 23.4 Å². The lowest BCUT2D eigenvalue weighted by Gasteiger charge is -2.12. The number of hydrogen-bond donors (Lipinski definition) is 2. The van der Waals surface area contributed by atoms with Crippen LogP contribution >= 0.6 is 11.6 Å². The molecule has 6 heteroatoms. The van der Waals surface area contributed by atoms with Crippen LogP contribution in [-0.4, -0.2) is 24.1 Å². The normalized spacial score (nSPS) is 13.4. The molecule has 0 heterocycles. The number of aromatic carboxylic acids is 1. The fourth-order valence-electron chi connectivity index (χ4n) is 3.26. The Bertz CT molecular complexity index is 1110. The number of ether oxygens (including phenoxy) is 1. The maximum absolute atomic E-state index is 12.7. The molecule has 0 radical (unpaired) electrons. The van der Waals surface area contributed by atoms with Gasteiger partial charge in [0, 0.05) is 11.6 Å². The van der Waals surface area contributed by atoms with Gasteiger partial charge in [0.2, 0.25) is 0 Å². The summed E-state index contributed by atoms with van der Waals surface area (Å²) >= 11 is 6.00. The smallest absolute Gasteiger partial charge is 0.337 e. The molecule has 1 fully saturated rings. The number of carboxylic acid groups (broad SMARTS) is 1. The number of amides is 1. The molecule has 5 nitrogen and oxygen atoms in total. The Kier molecular flexibility index (Phi) is 4.69. The van der Waals surface area contributed by atoms with Crippen LogP contribution in [-0.2, 0) is 0 Å². The molecule has 1 amide bonds. The van der Waals surface area contributed by atoms with Gasteiger partial charge in [0.25, 0.3) is 5.91 Å². The van der Waals surface area contributed by atoms with E-state index in [4.69, 9.17) is 16.3 Å². The first-order chi connectivity index (χ1) is 13.5. The molecular weight excluding hydrogens is 378 g/mol. The van der Waals surface area contributed by atoms with Crippen LogP contribution in [0.2, 0.25) is 5.02 Å². The van der Waals surface area contributed by atoms with E-state index in [9.17, 15) is 14.7 Å². The maximum atomic E-state index is 12.7. The van der Waals surface area contributed by atoms with Crippen LogP contribution < -0.4 is 10.1 Å². The molecule has 4 rings (SSSR count). The SMILES string of the molecule is COc1cc(NC(=O)c2ccc3cc(C4CC4)ccc3c2)c(C(=O)O)cc1Cl. The predicted octanol–water partition coefficient (Wildman–Crippen LogP) is 5.33. The molecule has 1 saturated carbocycles. The number of nitrogens with one attached hydrogen (secondary N) is 1. The summed E-state index contributed by atoms with van der Waals surface area (Å²) in [6.45, 7) is 0. The highest BCUT2D eigenvalue weighted by Crippen LogP contribution is 2.41. The zero-order valence-corrected chi connectivity index (χ0v) is 15.9. The van der Waals surface area contributed by atoms with Crippen LogP contribution in [0.1, 0.15) is 45.0 Å². The second-order valence-corrected chi connectivity index (χ2v) is 7.29. The van der Waals surface area contributed by atoms with Crippen LogP contribution in [0, 0.1) is 0 Å². The van der Waals surface area contributed by atoms with Crippen molar-refractivity contribution in [1.29, 1.82) is 0 Å². The zero-order chi connectivity index (χ0) is 19.8. The van der Waals surface area contributed by atoms with E-state index in [1.807, 2.05) is 12.1 Å². The zero-order valence-electron chi connectivity index (χ0n) is 15.2. The number of carbonyl (C=O) groups is 2. The Morgan fingerprint density at radius 2 is 1.79 bits per heavy atom. The van der Waals surface area contributed by atoms with Crippen molar-refractivity contribution in [2.45, 2.75) is 18.8 Å². The molecule has 0 aromatic heterocycles. The fourth-order valence-corrected chi connectivity index (χ4v) is 3.50. The molecule has 0 aliphatic heterocycles. The van der Waals surface area contributed by atoms with Crippen molar-refractivity contribution < 1.29 is 19.4 Å². The van der Waals surface area contributed by atoms with E-state index in [-0.39, 0.29) is 22.0 Å². The van der Waals surface area contributed by atoms with Gasteiger partial charge in [-0.25, -0.2) is 4.79 Å². The Morgan fingerprint density at radius 3 is 2.46 bits per heavy atom. The highest BCUT2D eigenvalue weighted by molar-refractivity contribution is 6.32. The summed E-state index contributed by atoms with van der Waals surface area (Å²) in [5.41, 5.74) is 1.80. The lowest BCUT2D eigenvalue weighted by molar-refractivity contribution is 0.0698. The summed E-state index contributed by atoms with van der Waals surface area (Å²) < 4.78 is 5.12. The average molecular weight is 396 g/mol. The molecule has 3 aromatic carbocycles. The molecule has 0 unspecified atom stereocenters. The molecule has 0 atom stereocenters. The van der Waals surface area contributed by atoms with Gasteiger partial charge in [0.1, 0.15) is 5.75 Å². The van der Waals surface area contributed by atoms with Gasteiger partial charge in [0.15, 0.2) is 0 Å². The quantitative estimate of drug-likeness (QED) is 0.612. The van der Waals surface area contributed by atoms with Crippen molar-refractivity contribution in [3.63, 3.8) is 0 Å². The predicted molar refractivity (Wildman–Crippen MR) is 109 cm³/mol. The minimum atomic E-state index is -1.19. The largest absolute Gasteiger partial charge is 0.495 e. The summed E-state index contributed by atoms with van der Waals surface area (Å²) in [7, 11) is 1.42. The Labute approximate surface area is 166 Å². The minimum absolute atomic E-state index is 0.103. The topological polar surface area (TPSA) is 75.6 Å². The van der Waals surface area contributed by atoms with Crippen molar-refractivity contribution in [2.24, 2.45) is 0 Å². The summed E-state index contributed by atoms with van der Waals surface area (Å²) in [6.07, 6.45) is 2.48. The van der Waals surface area contributed by atoms with Crippen LogP contribution in [0.4, 0.5) is 5.69 Å². The van der Waals surface area contributed by atoms with E-state index in [0.29, 0.717) is 11.5 Å². The number of rotatable bonds is 5. The second kappa shape index (κ2) is 7.17. The summed E-state index contributed by atoms with van der Waals surface area (Å²) in [5, 5.41) is 14.3. The van der Waals surface area contributed by atoms with Crippen LogP contribution in [0.5, 0.6) is 5.75 Å². The van der Waals surface area contributed by atoms with Crippen molar-refractivity contribution in [1.82, 2.24) is 0 Å². The average Bonchev–Trinajstić information content (AvgIpc) is 3.53. The number of fused-ring (bicyclic) bond motifs is 1. The first kappa shape index (κ1) is 18.3. The van der Waals surface area contributed by atoms with Gasteiger partial charge in [-0.05, 0) is 53.3 Å². The van der Waals surface area contributed by atoms with Gasteiger partial charge in [-0.2, -0.15) is 0 Å². The lowest BCUT2D eigenvalue weighted by atomic mass is 10.0. The van der Waals surface area contributed by atoms with Crippen molar-refractivity contribution in [3.05, 3.63) is 70.2 Å². The van der Waals surface area contributed by atoms with Gasteiger partial charge >= 0.3 is 5.97 Å². The third-order valence-electron chi connectivity index (χ3n) is 4.95. The second-order valence-electron chi connectivity index (χ2n) is 6.89. The van der Waals surface area contributed by atoms with Gasteiger partial charge in [-0.15, -0.1) is 0 Å². The monoisotopic (exact) mass is 395 g/mol. The fraction of sp³-hybridized carbons (Fsp3) is 0.182. The van der Waals surface area contributed by atoms with Gasteiger partial charge < -0.3 is 15.2 Å². The van der Waals surface area contributed by atoms with Crippen LogP contribution in [0.25, 0.3) is 10.8 Å². The van der Waals surface area contributed by atoms with E-state index in [1.165, 1.54) is 37.6 Å². The number of hydrogen-bond acceptors (Lipinski definition) is 3. The van der Waals surface area contributed by atoms with Crippen molar-refractivity contribution >= 4 is 39.9 Å². The first-order valence-corrected chi connectivity index (χ1v) is 9.30. The summed E-state index contributed by atoms with van der Waals surface area (Å²) in [5.74, 6) is -0.638. The molecule has 0 saturated heterocycles. The summed E-state index contributed by atoms with van der Waals surface area (Å²) in [6, 6.07) is 14.4. The summed E-state index contributed by atoms with van der Waals surface area (Å²) in [4.78, 5) is 24.2. The highest BCUT2D eigenvalue weighted by atomic mass is 35.5.